The smallest absolute Gasteiger partial charge is 0.195 e. The van der Waals surface area contributed by atoms with Gasteiger partial charge in [0.05, 0.1) is 10.7 Å². The molecule has 2 aromatic heterocycles. The minimum Gasteiger partial charge on any atom is -0.245 e. The first-order valence-electron chi connectivity index (χ1n) is 5.59. The Bertz CT molecular complexity index is 686. The fourth-order valence-electron chi connectivity index (χ4n) is 1.34. The van der Waals surface area contributed by atoms with Crippen molar-refractivity contribution in [3.63, 3.8) is 0 Å². The minimum absolute atomic E-state index is 0.196. The maximum Gasteiger partial charge on any atom is 0.195 e. The first-order valence-corrected chi connectivity index (χ1v) is 8.36. The van der Waals surface area contributed by atoms with Crippen LogP contribution in [0.3, 0.4) is 0 Å². The second kappa shape index (κ2) is 4.64. The van der Waals surface area contributed by atoms with Crippen LogP contribution >= 0.6 is 11.3 Å². The highest BCUT2D eigenvalue weighted by atomic mass is 32.2. The number of hydrogen-bond acceptors (Lipinski definition) is 7. The predicted molar refractivity (Wildman–Crippen MR) is 71.6 cm³/mol. The van der Waals surface area contributed by atoms with Crippen molar-refractivity contribution in [2.24, 2.45) is 0 Å². The molecule has 0 aromatic carbocycles. The van der Waals surface area contributed by atoms with Crippen molar-refractivity contribution >= 4 is 21.2 Å². The molecule has 19 heavy (non-hydrogen) atoms. The molecule has 0 aliphatic rings. The highest BCUT2D eigenvalue weighted by molar-refractivity contribution is 7.91. The van der Waals surface area contributed by atoms with Gasteiger partial charge in [0.2, 0.25) is 0 Å². The summed E-state index contributed by atoms with van der Waals surface area (Å²) in [5.74, 6) is 0.196. The molecular formula is C10H15N5O2S2. The average molecular weight is 301 g/mol. The van der Waals surface area contributed by atoms with Gasteiger partial charge in [-0.15, -0.1) is 21.5 Å². The Labute approximate surface area is 115 Å². The summed E-state index contributed by atoms with van der Waals surface area (Å²) >= 11 is 1.54. The molecule has 104 valence electrons. The number of aromatic nitrogens is 5. The van der Waals surface area contributed by atoms with Crippen molar-refractivity contribution in [3.05, 3.63) is 21.9 Å². The molecule has 0 atom stereocenters. The van der Waals surface area contributed by atoms with Crippen LogP contribution in [0.2, 0.25) is 0 Å². The molecule has 0 bridgehead atoms. The van der Waals surface area contributed by atoms with E-state index in [1.165, 1.54) is 4.80 Å². The van der Waals surface area contributed by atoms with Crippen molar-refractivity contribution in [1.29, 1.82) is 0 Å². The standard InChI is InChI=1S/C10H15N5O2S2/c1-7-11-8(6-18-7)5-15-13-9(12-14-15)10(2,3)19(4,16)17/h6H,5H2,1-4H3. The lowest BCUT2D eigenvalue weighted by atomic mass is 10.2. The highest BCUT2D eigenvalue weighted by Gasteiger charge is 2.37. The van der Waals surface area contributed by atoms with Crippen molar-refractivity contribution in [3.8, 4) is 0 Å². The van der Waals surface area contributed by atoms with E-state index < -0.39 is 14.6 Å². The SMILES string of the molecule is Cc1nc(Cn2nnc(C(C)(C)S(C)(=O)=O)n2)cs1. The highest BCUT2D eigenvalue weighted by Crippen LogP contribution is 2.25. The molecule has 7 nitrogen and oxygen atoms in total. The van der Waals surface area contributed by atoms with Gasteiger partial charge in [-0.2, -0.15) is 4.80 Å². The molecule has 0 amide bonds. The third-order valence-electron chi connectivity index (χ3n) is 2.89. The van der Waals surface area contributed by atoms with Gasteiger partial charge in [0.15, 0.2) is 15.7 Å². The number of thiazole rings is 1. The molecular weight excluding hydrogens is 286 g/mol. The van der Waals surface area contributed by atoms with E-state index in [0.717, 1.165) is 17.0 Å². The molecule has 9 heteroatoms. The zero-order valence-electron chi connectivity index (χ0n) is 11.2. The lowest BCUT2D eigenvalue weighted by Gasteiger charge is -2.17. The average Bonchev–Trinajstić information content (AvgIpc) is 2.87. The molecule has 0 aliphatic heterocycles. The molecule has 0 saturated carbocycles. The van der Waals surface area contributed by atoms with E-state index in [0.29, 0.717) is 6.54 Å². The number of nitrogens with zero attached hydrogens (tertiary/aromatic N) is 5. The van der Waals surface area contributed by atoms with Crippen LogP contribution in [0.25, 0.3) is 0 Å². The van der Waals surface area contributed by atoms with Crippen LogP contribution in [0.5, 0.6) is 0 Å². The van der Waals surface area contributed by atoms with Gasteiger partial charge in [0.25, 0.3) is 0 Å². The van der Waals surface area contributed by atoms with E-state index in [1.54, 1.807) is 25.2 Å². The van der Waals surface area contributed by atoms with Gasteiger partial charge in [-0.05, 0) is 26.0 Å². The second-order valence-corrected chi connectivity index (χ2v) is 8.41. The van der Waals surface area contributed by atoms with Gasteiger partial charge < -0.3 is 0 Å². The Morgan fingerprint density at radius 2 is 2.11 bits per heavy atom. The number of hydrogen-bond donors (Lipinski definition) is 0. The summed E-state index contributed by atoms with van der Waals surface area (Å²) < 4.78 is 22.2. The molecule has 2 rings (SSSR count). The van der Waals surface area contributed by atoms with Gasteiger partial charge in [0, 0.05) is 11.6 Å². The maximum atomic E-state index is 11.7. The monoisotopic (exact) mass is 301 g/mol. The Morgan fingerprint density at radius 1 is 1.42 bits per heavy atom. The quantitative estimate of drug-likeness (QED) is 0.828. The zero-order chi connectivity index (χ0) is 14.3. The van der Waals surface area contributed by atoms with Gasteiger partial charge in [-0.1, -0.05) is 0 Å². The second-order valence-electron chi connectivity index (χ2n) is 4.78. The fraction of sp³-hybridized carbons (Fsp3) is 0.600. The van der Waals surface area contributed by atoms with E-state index in [4.69, 9.17) is 0 Å². The summed E-state index contributed by atoms with van der Waals surface area (Å²) in [5, 5.41) is 14.7. The van der Waals surface area contributed by atoms with Crippen LogP contribution in [0.15, 0.2) is 5.38 Å². The predicted octanol–water partition coefficient (Wildman–Crippen LogP) is 0.766. The molecule has 0 fully saturated rings. The third kappa shape index (κ3) is 2.81. The van der Waals surface area contributed by atoms with E-state index >= 15 is 0 Å². The van der Waals surface area contributed by atoms with Crippen LogP contribution < -0.4 is 0 Å². The van der Waals surface area contributed by atoms with Gasteiger partial charge >= 0.3 is 0 Å². The van der Waals surface area contributed by atoms with Crippen LogP contribution in [0.4, 0.5) is 0 Å². The maximum absolute atomic E-state index is 11.7. The summed E-state index contributed by atoms with van der Waals surface area (Å²) in [6, 6.07) is 0. The number of rotatable bonds is 4. The fourth-order valence-corrected chi connectivity index (χ4v) is 2.36. The summed E-state index contributed by atoms with van der Waals surface area (Å²) in [5.41, 5.74) is 0.837. The van der Waals surface area contributed by atoms with Crippen LogP contribution in [-0.4, -0.2) is 39.9 Å². The van der Waals surface area contributed by atoms with Crippen molar-refractivity contribution in [1.82, 2.24) is 25.2 Å². The zero-order valence-corrected chi connectivity index (χ0v) is 12.8. The number of aryl methyl sites for hydroxylation is 1. The van der Waals surface area contributed by atoms with Crippen LogP contribution in [-0.2, 0) is 21.1 Å². The molecule has 0 unspecified atom stereocenters. The van der Waals surface area contributed by atoms with Crippen LogP contribution in [0.1, 0.15) is 30.4 Å². The lowest BCUT2D eigenvalue weighted by Crippen LogP contribution is -2.29. The summed E-state index contributed by atoms with van der Waals surface area (Å²) in [7, 11) is -3.30. The molecule has 0 N–H and O–H groups in total. The van der Waals surface area contributed by atoms with Crippen molar-refractivity contribution in [2.75, 3.05) is 6.26 Å². The molecule has 0 radical (unpaired) electrons. The van der Waals surface area contributed by atoms with Crippen molar-refractivity contribution < 1.29 is 8.42 Å². The number of sulfone groups is 1. The molecule has 0 spiro atoms. The van der Waals surface area contributed by atoms with Crippen molar-refractivity contribution in [2.45, 2.75) is 32.1 Å². The minimum atomic E-state index is -3.30. The summed E-state index contributed by atoms with van der Waals surface area (Å²) in [6.45, 7) is 5.44. The lowest BCUT2D eigenvalue weighted by molar-refractivity contribution is 0.539. The molecule has 2 heterocycles. The first-order chi connectivity index (χ1) is 8.70. The Morgan fingerprint density at radius 3 is 2.63 bits per heavy atom. The van der Waals surface area contributed by atoms with Gasteiger partial charge in [-0.25, -0.2) is 13.4 Å². The Kier molecular flexibility index (Phi) is 3.43. The molecule has 0 aliphatic carbocycles. The van der Waals surface area contributed by atoms with E-state index in [2.05, 4.69) is 20.4 Å². The normalized spacial score (nSPS) is 12.8. The topological polar surface area (TPSA) is 90.6 Å². The van der Waals surface area contributed by atoms with E-state index in [-0.39, 0.29) is 5.82 Å². The van der Waals surface area contributed by atoms with Crippen LogP contribution in [0, 0.1) is 6.92 Å². The van der Waals surface area contributed by atoms with E-state index in [9.17, 15) is 8.42 Å². The van der Waals surface area contributed by atoms with Gasteiger partial charge in [0.1, 0.15) is 11.3 Å². The third-order valence-corrected chi connectivity index (χ3v) is 5.75. The largest absolute Gasteiger partial charge is 0.245 e. The summed E-state index contributed by atoms with van der Waals surface area (Å²) in [4.78, 5) is 5.66. The van der Waals surface area contributed by atoms with Gasteiger partial charge in [-0.3, -0.25) is 0 Å². The summed E-state index contributed by atoms with van der Waals surface area (Å²) in [6.07, 6.45) is 1.16. The first kappa shape index (κ1) is 14.1. The Balaban J connectivity index is 2.25. The molecule has 0 saturated heterocycles. The Hall–Kier alpha value is -1.35. The van der Waals surface area contributed by atoms with E-state index in [1.807, 2.05) is 12.3 Å². The molecule has 2 aromatic rings. The number of tetrazole rings is 1.